The monoisotopic (exact) mass is 164 g/mol. The van der Waals surface area contributed by atoms with Gasteiger partial charge in [0.2, 0.25) is 0 Å². The fourth-order valence-corrected chi connectivity index (χ4v) is 9.65. The predicted octanol–water partition coefficient (Wildman–Crippen LogP) is -4.39. The molecule has 0 unspecified atom stereocenters. The third-order valence-corrected chi connectivity index (χ3v) is 7.70. The molecule has 0 saturated carbocycles. The summed E-state index contributed by atoms with van der Waals surface area (Å²) in [6, 6.07) is 0. The first-order chi connectivity index (χ1) is 3.93. The van der Waals surface area contributed by atoms with Gasteiger partial charge in [0.15, 0.2) is 29.5 Å². The van der Waals surface area contributed by atoms with Crippen molar-refractivity contribution in [3.8, 4) is 0 Å². The highest BCUT2D eigenvalue weighted by Crippen LogP contribution is 1.69. The summed E-state index contributed by atoms with van der Waals surface area (Å²) in [5, 5.41) is 0. The van der Waals surface area contributed by atoms with E-state index < -0.39 is 0 Å². The fourth-order valence-electron chi connectivity index (χ4n) is 0.684. The van der Waals surface area contributed by atoms with Gasteiger partial charge in [0, 0.05) is 0 Å². The summed E-state index contributed by atoms with van der Waals surface area (Å²) >= 11 is 0. The van der Waals surface area contributed by atoms with E-state index in [1.54, 1.807) is 0 Å². The fraction of sp³-hybridized carbons (Fsp3) is 1.00. The van der Waals surface area contributed by atoms with Gasteiger partial charge in [-0.3, -0.25) is 9.77 Å². The molecule has 7 heteroatoms. The summed E-state index contributed by atoms with van der Waals surface area (Å²) in [7, 11) is 1.92. The topological polar surface area (TPSA) is 39.3 Å². The third-order valence-electron chi connectivity index (χ3n) is 1.17. The molecular weight excluding hydrogens is 152 g/mol. The molecule has 0 atom stereocenters. The second kappa shape index (κ2) is 3.50. The van der Waals surface area contributed by atoms with Crippen LogP contribution in [0.1, 0.15) is 0 Å². The second-order valence-electron chi connectivity index (χ2n) is 1.76. The third kappa shape index (κ3) is 1.78. The minimum absolute atomic E-state index is 0.00915. The van der Waals surface area contributed by atoms with Gasteiger partial charge in [0.25, 0.3) is 0 Å². The zero-order valence-electron chi connectivity index (χ0n) is 5.07. The highest BCUT2D eigenvalue weighted by Gasteiger charge is 2.05. The average Bonchev–Trinajstić information content (AvgIpc) is 1.90. The van der Waals surface area contributed by atoms with Gasteiger partial charge in [-0.2, -0.15) is 0 Å². The number of nitrogens with zero attached hydrogens (tertiary/aromatic N) is 1. The van der Waals surface area contributed by atoms with Crippen molar-refractivity contribution in [3.05, 3.63) is 0 Å². The molecule has 0 aromatic rings. The normalized spacial score (nSPS) is 32.6. The van der Waals surface area contributed by atoms with Crippen LogP contribution in [0.3, 0.4) is 0 Å². The molecule has 0 bridgehead atoms. The first kappa shape index (κ1) is 6.61. The van der Waals surface area contributed by atoms with Crippen LogP contribution in [0.4, 0.5) is 0 Å². The van der Waals surface area contributed by atoms with Gasteiger partial charge in [0.1, 0.15) is 0 Å². The summed E-state index contributed by atoms with van der Waals surface area (Å²) < 4.78 is 9.26. The summed E-state index contributed by atoms with van der Waals surface area (Å²) in [5.41, 5.74) is 3.16. The molecule has 0 aliphatic carbocycles. The van der Waals surface area contributed by atoms with Crippen LogP contribution in [0.15, 0.2) is 0 Å². The van der Waals surface area contributed by atoms with Crippen molar-refractivity contribution in [1.82, 2.24) is 19.1 Å². The van der Waals surface area contributed by atoms with E-state index in [-0.39, 0.29) is 29.5 Å². The lowest BCUT2D eigenvalue weighted by molar-refractivity contribution is 0.540. The molecule has 48 valence electrons. The molecule has 1 saturated heterocycles. The summed E-state index contributed by atoms with van der Waals surface area (Å²) in [6.07, 6.45) is 0. The average molecular weight is 164 g/mol. The highest BCUT2D eigenvalue weighted by molar-refractivity contribution is 6.65. The Labute approximate surface area is 56.3 Å². The Balaban J connectivity index is 2.13. The summed E-state index contributed by atoms with van der Waals surface area (Å²) in [5.74, 6) is 0. The molecule has 1 rings (SSSR count). The van der Waals surface area contributed by atoms with Crippen LogP contribution in [0.2, 0.25) is 0 Å². The van der Waals surface area contributed by atoms with Crippen LogP contribution in [0.25, 0.3) is 0 Å². The Bertz CT molecular complexity index is 62.3. The lowest BCUT2D eigenvalue weighted by atomic mass is 11.5. The van der Waals surface area contributed by atoms with E-state index in [4.69, 9.17) is 0 Å². The Kier molecular flexibility index (Phi) is 2.89. The molecule has 1 aliphatic rings. The van der Waals surface area contributed by atoms with Crippen LogP contribution in [0.5, 0.6) is 0 Å². The molecule has 3 N–H and O–H groups in total. The molecule has 0 aromatic carbocycles. The van der Waals surface area contributed by atoms with Crippen molar-refractivity contribution in [2.45, 2.75) is 0 Å². The summed E-state index contributed by atoms with van der Waals surface area (Å²) in [4.78, 5) is 0. The lowest BCUT2D eigenvalue weighted by Gasteiger charge is -2.25. The lowest BCUT2D eigenvalue weighted by Crippen LogP contribution is -2.61. The Morgan fingerprint density at radius 1 is 1.38 bits per heavy atom. The van der Waals surface area contributed by atoms with Crippen molar-refractivity contribution >= 4 is 29.5 Å². The number of nitrogens with one attached hydrogen (secondary N) is 3. The number of hydrazine groups is 1. The molecular formula is CH12N4Si3. The van der Waals surface area contributed by atoms with E-state index >= 15 is 0 Å². The van der Waals surface area contributed by atoms with Gasteiger partial charge >= 0.3 is 0 Å². The molecule has 0 radical (unpaired) electrons. The number of hydrogen-bond donors (Lipinski definition) is 3. The molecule has 0 amide bonds. The zero-order valence-corrected chi connectivity index (χ0v) is 9.31. The van der Waals surface area contributed by atoms with E-state index in [9.17, 15) is 0 Å². The Hall–Kier alpha value is 0.491. The van der Waals surface area contributed by atoms with Crippen molar-refractivity contribution in [3.63, 3.8) is 0 Å². The maximum absolute atomic E-state index is 3.45. The minimum atomic E-state index is -0.0444. The van der Waals surface area contributed by atoms with Crippen molar-refractivity contribution in [1.29, 1.82) is 0 Å². The van der Waals surface area contributed by atoms with Crippen molar-refractivity contribution < 1.29 is 0 Å². The van der Waals surface area contributed by atoms with Crippen LogP contribution >= 0.6 is 0 Å². The zero-order chi connectivity index (χ0) is 5.82. The predicted molar refractivity (Wildman–Crippen MR) is 42.8 cm³/mol. The van der Waals surface area contributed by atoms with E-state index in [2.05, 4.69) is 19.1 Å². The molecule has 1 fully saturated rings. The summed E-state index contributed by atoms with van der Waals surface area (Å²) in [6.45, 7) is 0. The van der Waals surface area contributed by atoms with Crippen LogP contribution in [-0.4, -0.2) is 40.9 Å². The molecule has 1 heterocycles. The van der Waals surface area contributed by atoms with E-state index in [0.717, 1.165) is 0 Å². The Morgan fingerprint density at radius 2 is 2.00 bits per heavy atom. The SMILES string of the molecule is CNN1[SiH2]N[SiH2]N[SiH2]1. The van der Waals surface area contributed by atoms with Crippen LogP contribution in [-0.2, 0) is 0 Å². The van der Waals surface area contributed by atoms with Gasteiger partial charge in [0.05, 0.1) is 0 Å². The quantitative estimate of drug-likeness (QED) is 0.342. The molecule has 8 heavy (non-hydrogen) atoms. The van der Waals surface area contributed by atoms with Gasteiger partial charge in [-0.1, -0.05) is 0 Å². The number of hydrogen-bond acceptors (Lipinski definition) is 4. The standard InChI is InChI=1S/CH12N4Si3/c1-2-5-7-3-6-4-8-5/h2-4H,6-8H2,1H3. The van der Waals surface area contributed by atoms with Crippen LogP contribution in [0, 0.1) is 0 Å². The van der Waals surface area contributed by atoms with Crippen molar-refractivity contribution in [2.24, 2.45) is 0 Å². The second-order valence-corrected chi connectivity index (χ2v) is 9.16. The maximum Gasteiger partial charge on any atom is 0.172 e. The smallest absolute Gasteiger partial charge is 0.172 e. The Morgan fingerprint density at radius 3 is 2.38 bits per heavy atom. The van der Waals surface area contributed by atoms with Gasteiger partial charge in [-0.15, -0.1) is 0 Å². The largest absolute Gasteiger partial charge is 0.345 e. The van der Waals surface area contributed by atoms with Gasteiger partial charge < -0.3 is 9.30 Å². The first-order valence-electron chi connectivity index (χ1n) is 2.77. The first-order valence-corrected chi connectivity index (χ1v) is 6.86. The molecule has 4 nitrogen and oxygen atoms in total. The van der Waals surface area contributed by atoms with E-state index in [1.807, 2.05) is 7.05 Å². The maximum atomic E-state index is 3.45. The number of rotatable bonds is 1. The van der Waals surface area contributed by atoms with Gasteiger partial charge in [-0.25, -0.2) is 0 Å². The van der Waals surface area contributed by atoms with E-state index in [1.165, 1.54) is 0 Å². The van der Waals surface area contributed by atoms with Crippen LogP contribution < -0.4 is 14.7 Å². The molecule has 0 aromatic heterocycles. The highest BCUT2D eigenvalue weighted by atomic mass is 28.4. The minimum Gasteiger partial charge on any atom is -0.345 e. The van der Waals surface area contributed by atoms with Crippen molar-refractivity contribution in [2.75, 3.05) is 7.05 Å². The molecule has 1 aliphatic heterocycles. The van der Waals surface area contributed by atoms with E-state index in [0.29, 0.717) is 0 Å². The molecule has 0 spiro atoms. The van der Waals surface area contributed by atoms with Gasteiger partial charge in [-0.05, 0) is 7.05 Å².